The molecule has 3 rings (SSSR count). The summed E-state index contributed by atoms with van der Waals surface area (Å²) in [6.45, 7) is 0.808. The maximum absolute atomic E-state index is 6.37. The Hall–Kier alpha value is -1.80. The fourth-order valence-electron chi connectivity index (χ4n) is 2.68. The van der Waals surface area contributed by atoms with Gasteiger partial charge in [-0.3, -0.25) is 0 Å². The molecule has 1 aliphatic rings. The van der Waals surface area contributed by atoms with Gasteiger partial charge in [0.25, 0.3) is 0 Å². The molecule has 2 heteroatoms. The third-order valence-corrected chi connectivity index (χ3v) is 3.66. The minimum absolute atomic E-state index is 0.00421. The first-order valence-electron chi connectivity index (χ1n) is 6.88. The largest absolute Gasteiger partial charge is 0.493 e. The van der Waals surface area contributed by atoms with E-state index in [0.717, 1.165) is 37.2 Å². The van der Waals surface area contributed by atoms with E-state index in [9.17, 15) is 0 Å². The molecule has 0 spiro atoms. The summed E-state index contributed by atoms with van der Waals surface area (Å²) >= 11 is 0. The maximum atomic E-state index is 6.37. The Labute approximate surface area is 114 Å². The Bertz CT molecular complexity index is 550. The van der Waals surface area contributed by atoms with E-state index in [1.807, 2.05) is 6.07 Å². The summed E-state index contributed by atoms with van der Waals surface area (Å²) in [6, 6.07) is 16.7. The average molecular weight is 253 g/mol. The van der Waals surface area contributed by atoms with Crippen molar-refractivity contribution in [2.75, 3.05) is 6.61 Å². The van der Waals surface area contributed by atoms with Crippen LogP contribution in [0, 0.1) is 0 Å². The van der Waals surface area contributed by atoms with E-state index in [-0.39, 0.29) is 6.04 Å². The molecule has 0 saturated carbocycles. The van der Waals surface area contributed by atoms with Crippen molar-refractivity contribution in [2.45, 2.75) is 25.3 Å². The molecule has 2 N–H and O–H groups in total. The summed E-state index contributed by atoms with van der Waals surface area (Å²) in [5, 5.41) is 0. The Morgan fingerprint density at radius 3 is 2.74 bits per heavy atom. The predicted octanol–water partition coefficient (Wildman–Crippen LogP) is 3.25. The molecule has 0 bridgehead atoms. The van der Waals surface area contributed by atoms with Crippen molar-refractivity contribution in [3.05, 3.63) is 65.2 Å². The van der Waals surface area contributed by atoms with E-state index in [2.05, 4.69) is 42.5 Å². The lowest BCUT2D eigenvalue weighted by Crippen LogP contribution is -2.18. The summed E-state index contributed by atoms with van der Waals surface area (Å²) in [4.78, 5) is 0. The van der Waals surface area contributed by atoms with Gasteiger partial charge in [0.1, 0.15) is 5.75 Å². The molecule has 19 heavy (non-hydrogen) atoms. The fourth-order valence-corrected chi connectivity index (χ4v) is 2.68. The van der Waals surface area contributed by atoms with Crippen molar-refractivity contribution in [2.24, 2.45) is 5.73 Å². The second-order valence-corrected chi connectivity index (χ2v) is 5.08. The molecule has 1 aliphatic heterocycles. The minimum Gasteiger partial charge on any atom is -0.493 e. The summed E-state index contributed by atoms with van der Waals surface area (Å²) in [7, 11) is 0. The van der Waals surface area contributed by atoms with Gasteiger partial charge in [0.05, 0.1) is 6.61 Å². The zero-order chi connectivity index (χ0) is 13.1. The highest BCUT2D eigenvalue weighted by Gasteiger charge is 2.18. The van der Waals surface area contributed by atoms with Crippen molar-refractivity contribution < 1.29 is 4.74 Å². The number of nitrogens with two attached hydrogens (primary N) is 1. The van der Waals surface area contributed by atoms with E-state index in [4.69, 9.17) is 10.5 Å². The van der Waals surface area contributed by atoms with Gasteiger partial charge in [-0.05, 0) is 30.4 Å². The Balaban J connectivity index is 1.86. The van der Waals surface area contributed by atoms with Crippen LogP contribution < -0.4 is 10.5 Å². The molecule has 1 atom stereocenters. The molecular formula is C17H19NO. The number of hydrogen-bond donors (Lipinski definition) is 1. The highest BCUT2D eigenvalue weighted by Crippen LogP contribution is 2.33. The quantitative estimate of drug-likeness (QED) is 0.911. The molecule has 0 amide bonds. The van der Waals surface area contributed by atoms with E-state index in [1.54, 1.807) is 0 Å². The van der Waals surface area contributed by atoms with Crippen LogP contribution in [0.5, 0.6) is 5.75 Å². The zero-order valence-electron chi connectivity index (χ0n) is 11.0. The Morgan fingerprint density at radius 2 is 1.89 bits per heavy atom. The van der Waals surface area contributed by atoms with Gasteiger partial charge in [-0.2, -0.15) is 0 Å². The highest BCUT2D eigenvalue weighted by atomic mass is 16.5. The normalized spacial score (nSPS) is 15.4. The first kappa shape index (κ1) is 12.2. The molecule has 0 saturated heterocycles. The number of para-hydroxylation sites is 1. The van der Waals surface area contributed by atoms with Crippen molar-refractivity contribution >= 4 is 0 Å². The lowest BCUT2D eigenvalue weighted by molar-refractivity contribution is 0.283. The van der Waals surface area contributed by atoms with Gasteiger partial charge in [-0.25, -0.2) is 0 Å². The van der Waals surface area contributed by atoms with Crippen LogP contribution in [0.15, 0.2) is 48.5 Å². The van der Waals surface area contributed by atoms with Gasteiger partial charge in [0.2, 0.25) is 0 Å². The molecule has 0 radical (unpaired) electrons. The third-order valence-electron chi connectivity index (χ3n) is 3.66. The maximum Gasteiger partial charge on any atom is 0.127 e. The predicted molar refractivity (Wildman–Crippen MR) is 77.3 cm³/mol. The third kappa shape index (κ3) is 2.64. The summed E-state index contributed by atoms with van der Waals surface area (Å²) in [6.07, 6.45) is 3.05. The number of fused-ring (bicyclic) bond motifs is 1. The average Bonchev–Trinajstić information content (AvgIpc) is 2.47. The SMILES string of the molecule is NC(Cc1ccccc1)c1cccc2c1OCCC2. The molecule has 0 aliphatic carbocycles. The second-order valence-electron chi connectivity index (χ2n) is 5.08. The van der Waals surface area contributed by atoms with Gasteiger partial charge in [0.15, 0.2) is 0 Å². The molecule has 2 aromatic carbocycles. The van der Waals surface area contributed by atoms with E-state index in [1.165, 1.54) is 11.1 Å². The summed E-state index contributed by atoms with van der Waals surface area (Å²) < 4.78 is 5.83. The summed E-state index contributed by atoms with van der Waals surface area (Å²) in [5.74, 6) is 1.03. The molecule has 1 heterocycles. The van der Waals surface area contributed by atoms with E-state index in [0.29, 0.717) is 0 Å². The lowest BCUT2D eigenvalue weighted by Gasteiger charge is -2.23. The van der Waals surface area contributed by atoms with Gasteiger partial charge >= 0.3 is 0 Å². The van der Waals surface area contributed by atoms with Crippen molar-refractivity contribution in [3.63, 3.8) is 0 Å². The van der Waals surface area contributed by atoms with Gasteiger partial charge in [0, 0.05) is 11.6 Å². The van der Waals surface area contributed by atoms with Crippen LogP contribution in [0.1, 0.15) is 29.2 Å². The van der Waals surface area contributed by atoms with Crippen LogP contribution >= 0.6 is 0 Å². The zero-order valence-corrected chi connectivity index (χ0v) is 11.0. The van der Waals surface area contributed by atoms with Crippen LogP contribution in [-0.4, -0.2) is 6.61 Å². The van der Waals surface area contributed by atoms with Gasteiger partial charge in [-0.1, -0.05) is 48.5 Å². The number of hydrogen-bond acceptors (Lipinski definition) is 2. The number of aryl methyl sites for hydroxylation is 1. The summed E-state index contributed by atoms with van der Waals surface area (Å²) in [5.41, 5.74) is 10.1. The molecule has 0 aromatic heterocycles. The smallest absolute Gasteiger partial charge is 0.127 e. The molecule has 2 nitrogen and oxygen atoms in total. The van der Waals surface area contributed by atoms with Crippen molar-refractivity contribution in [3.8, 4) is 5.75 Å². The van der Waals surface area contributed by atoms with Crippen LogP contribution in [0.4, 0.5) is 0 Å². The minimum atomic E-state index is -0.00421. The van der Waals surface area contributed by atoms with Crippen LogP contribution in [-0.2, 0) is 12.8 Å². The van der Waals surface area contributed by atoms with Gasteiger partial charge < -0.3 is 10.5 Å². The van der Waals surface area contributed by atoms with Crippen molar-refractivity contribution in [1.82, 2.24) is 0 Å². The number of ether oxygens (including phenoxy) is 1. The second kappa shape index (κ2) is 5.45. The standard InChI is InChI=1S/C17H19NO/c18-16(12-13-6-2-1-3-7-13)15-10-4-8-14-9-5-11-19-17(14)15/h1-4,6-8,10,16H,5,9,11-12,18H2. The highest BCUT2D eigenvalue weighted by molar-refractivity contribution is 5.44. The number of benzene rings is 2. The molecular weight excluding hydrogens is 234 g/mol. The molecule has 98 valence electrons. The number of rotatable bonds is 3. The topological polar surface area (TPSA) is 35.2 Å². The Kier molecular flexibility index (Phi) is 3.51. The first-order chi connectivity index (χ1) is 9.34. The first-order valence-corrected chi connectivity index (χ1v) is 6.88. The fraction of sp³-hybridized carbons (Fsp3) is 0.294. The van der Waals surface area contributed by atoms with E-state index >= 15 is 0 Å². The van der Waals surface area contributed by atoms with Crippen LogP contribution in [0.25, 0.3) is 0 Å². The monoisotopic (exact) mass is 253 g/mol. The van der Waals surface area contributed by atoms with E-state index < -0.39 is 0 Å². The lowest BCUT2D eigenvalue weighted by atomic mass is 9.94. The molecule has 1 unspecified atom stereocenters. The Morgan fingerprint density at radius 1 is 1.05 bits per heavy atom. The van der Waals surface area contributed by atoms with Crippen LogP contribution in [0.3, 0.4) is 0 Å². The van der Waals surface area contributed by atoms with Gasteiger partial charge in [-0.15, -0.1) is 0 Å². The van der Waals surface area contributed by atoms with Crippen LogP contribution in [0.2, 0.25) is 0 Å². The molecule has 2 aromatic rings. The van der Waals surface area contributed by atoms with Crippen molar-refractivity contribution in [1.29, 1.82) is 0 Å². The molecule has 0 fully saturated rings.